The molecule has 2 heterocycles. The minimum atomic E-state index is -2.94. The quantitative estimate of drug-likeness (QED) is 0.648. The zero-order chi connectivity index (χ0) is 14.8. The van der Waals surface area contributed by atoms with Crippen molar-refractivity contribution in [2.45, 2.75) is 18.9 Å². The van der Waals surface area contributed by atoms with E-state index in [-0.39, 0.29) is 5.75 Å². The van der Waals surface area contributed by atoms with Crippen molar-refractivity contribution in [1.82, 2.24) is 9.97 Å². The van der Waals surface area contributed by atoms with Crippen molar-refractivity contribution in [1.29, 1.82) is 0 Å². The molecular weight excluding hydrogens is 314 g/mol. The Morgan fingerprint density at radius 3 is 2.80 bits per heavy atom. The van der Waals surface area contributed by atoms with Crippen molar-refractivity contribution in [3.8, 4) is 0 Å². The van der Waals surface area contributed by atoms with Gasteiger partial charge >= 0.3 is 0 Å². The van der Waals surface area contributed by atoms with Gasteiger partial charge in [-0.3, -0.25) is 0 Å². The van der Waals surface area contributed by atoms with Crippen LogP contribution in [0.15, 0.2) is 11.1 Å². The fraction of sp³-hybridized carbons (Fsp3) is 0.500. The van der Waals surface area contributed by atoms with Crippen LogP contribution < -0.4 is 5.32 Å². The molecule has 0 aliphatic heterocycles. The summed E-state index contributed by atoms with van der Waals surface area (Å²) >= 11 is 3.09. The number of aromatic nitrogens is 2. The molecule has 20 heavy (non-hydrogen) atoms. The van der Waals surface area contributed by atoms with Gasteiger partial charge in [-0.2, -0.15) is 0 Å². The number of fused-ring (bicyclic) bond motifs is 1. The van der Waals surface area contributed by atoms with Gasteiger partial charge in [0.05, 0.1) is 5.75 Å². The fourth-order valence-corrected chi connectivity index (χ4v) is 4.80. The third-order valence-corrected chi connectivity index (χ3v) is 5.65. The van der Waals surface area contributed by atoms with Crippen molar-refractivity contribution < 1.29 is 8.42 Å². The van der Waals surface area contributed by atoms with E-state index in [1.54, 1.807) is 11.3 Å². The van der Waals surface area contributed by atoms with E-state index in [9.17, 15) is 8.42 Å². The lowest BCUT2D eigenvalue weighted by atomic mass is 10.4. The number of nitrogens with one attached hydrogen (secondary N) is 1. The molecule has 2 rings (SSSR count). The van der Waals surface area contributed by atoms with Crippen LogP contribution in [-0.4, -0.2) is 42.7 Å². The van der Waals surface area contributed by atoms with E-state index in [0.29, 0.717) is 11.7 Å². The number of nitrogens with zero attached hydrogens (tertiary/aromatic N) is 2. The van der Waals surface area contributed by atoms with Gasteiger partial charge in [-0.25, -0.2) is 18.4 Å². The second kappa shape index (κ2) is 6.28. The third kappa shape index (κ3) is 4.07. The van der Waals surface area contributed by atoms with E-state index in [1.165, 1.54) is 22.9 Å². The second-order valence-electron chi connectivity index (χ2n) is 4.44. The lowest BCUT2D eigenvalue weighted by molar-refractivity contribution is 0.603. The minimum absolute atomic E-state index is 0.156. The molecule has 0 bridgehead atoms. The topological polar surface area (TPSA) is 72.0 Å². The first-order valence-corrected chi connectivity index (χ1v) is 10.1. The van der Waals surface area contributed by atoms with Crippen molar-refractivity contribution in [2.24, 2.45) is 0 Å². The van der Waals surface area contributed by atoms with Crippen molar-refractivity contribution in [3.63, 3.8) is 0 Å². The van der Waals surface area contributed by atoms with Gasteiger partial charge in [-0.05, 0) is 19.9 Å². The number of hydrogen-bond donors (Lipinski definition) is 1. The SMILES string of the molecule is CCNc1nc(SCCS(C)(=O)=O)c2cc(C)sc2n1. The highest BCUT2D eigenvalue weighted by atomic mass is 32.2. The summed E-state index contributed by atoms with van der Waals surface area (Å²) in [5.41, 5.74) is 0. The zero-order valence-corrected chi connectivity index (χ0v) is 14.1. The van der Waals surface area contributed by atoms with Gasteiger partial charge < -0.3 is 5.32 Å². The molecule has 0 aliphatic rings. The molecule has 0 aliphatic carbocycles. The average Bonchev–Trinajstić information content (AvgIpc) is 2.68. The van der Waals surface area contributed by atoms with Crippen LogP contribution in [-0.2, 0) is 9.84 Å². The lowest BCUT2D eigenvalue weighted by Crippen LogP contribution is -2.06. The van der Waals surface area contributed by atoms with Crippen LogP contribution in [0.1, 0.15) is 11.8 Å². The smallest absolute Gasteiger partial charge is 0.225 e. The molecule has 0 saturated carbocycles. The molecule has 0 atom stereocenters. The van der Waals surface area contributed by atoms with Gasteiger partial charge in [0.25, 0.3) is 0 Å². The molecule has 2 aromatic rings. The maximum absolute atomic E-state index is 11.2. The summed E-state index contributed by atoms with van der Waals surface area (Å²) in [5, 5.41) is 4.96. The Hall–Kier alpha value is -0.860. The summed E-state index contributed by atoms with van der Waals surface area (Å²) in [5.74, 6) is 1.26. The van der Waals surface area contributed by atoms with Crippen molar-refractivity contribution in [3.05, 3.63) is 10.9 Å². The predicted octanol–water partition coefficient (Wildman–Crippen LogP) is 2.57. The van der Waals surface area contributed by atoms with E-state index in [4.69, 9.17) is 0 Å². The molecule has 0 radical (unpaired) electrons. The van der Waals surface area contributed by atoms with Gasteiger partial charge in [0.1, 0.15) is 19.7 Å². The van der Waals surface area contributed by atoms with Crippen LogP contribution >= 0.6 is 23.1 Å². The third-order valence-electron chi connectivity index (χ3n) is 2.51. The number of aryl methyl sites for hydroxylation is 1. The van der Waals surface area contributed by atoms with Crippen LogP contribution in [0.4, 0.5) is 5.95 Å². The molecule has 0 amide bonds. The Bertz CT molecular complexity index is 710. The lowest BCUT2D eigenvalue weighted by Gasteiger charge is -2.06. The maximum Gasteiger partial charge on any atom is 0.225 e. The van der Waals surface area contributed by atoms with E-state index in [2.05, 4.69) is 21.4 Å². The van der Waals surface area contributed by atoms with E-state index < -0.39 is 9.84 Å². The van der Waals surface area contributed by atoms with E-state index in [1.807, 2.05) is 13.8 Å². The molecule has 5 nitrogen and oxygen atoms in total. The summed E-state index contributed by atoms with van der Waals surface area (Å²) < 4.78 is 22.4. The van der Waals surface area contributed by atoms with Gasteiger partial charge in [0, 0.05) is 28.8 Å². The summed E-state index contributed by atoms with van der Waals surface area (Å²) in [4.78, 5) is 11.1. The van der Waals surface area contributed by atoms with E-state index in [0.717, 1.165) is 21.8 Å². The first-order chi connectivity index (χ1) is 9.39. The van der Waals surface area contributed by atoms with Crippen LogP contribution in [0.25, 0.3) is 10.2 Å². The van der Waals surface area contributed by atoms with Crippen molar-refractivity contribution >= 4 is 49.1 Å². The molecule has 0 unspecified atom stereocenters. The Morgan fingerprint density at radius 1 is 1.40 bits per heavy atom. The Balaban J connectivity index is 2.29. The highest BCUT2D eigenvalue weighted by molar-refractivity contribution is 8.00. The number of sulfone groups is 1. The number of hydrogen-bond acceptors (Lipinski definition) is 7. The molecule has 0 spiro atoms. The molecule has 8 heteroatoms. The van der Waals surface area contributed by atoms with Crippen LogP contribution in [0.2, 0.25) is 0 Å². The van der Waals surface area contributed by atoms with Gasteiger partial charge in [0.15, 0.2) is 0 Å². The molecule has 0 fully saturated rings. The van der Waals surface area contributed by atoms with Gasteiger partial charge in [-0.15, -0.1) is 23.1 Å². The van der Waals surface area contributed by atoms with Crippen molar-refractivity contribution in [2.75, 3.05) is 29.6 Å². The average molecular weight is 331 g/mol. The van der Waals surface area contributed by atoms with Crippen LogP contribution in [0.3, 0.4) is 0 Å². The Labute approximate surface area is 127 Å². The molecule has 1 N–H and O–H groups in total. The number of thiophene rings is 1. The molecular formula is C12H17N3O2S3. The van der Waals surface area contributed by atoms with Crippen LogP contribution in [0, 0.1) is 6.92 Å². The highest BCUT2D eigenvalue weighted by Gasteiger charge is 2.12. The first-order valence-electron chi connectivity index (χ1n) is 6.21. The molecule has 2 aromatic heterocycles. The zero-order valence-electron chi connectivity index (χ0n) is 11.6. The van der Waals surface area contributed by atoms with Crippen LogP contribution in [0.5, 0.6) is 0 Å². The summed E-state index contributed by atoms with van der Waals surface area (Å²) in [6.45, 7) is 4.78. The summed E-state index contributed by atoms with van der Waals surface area (Å²) in [6, 6.07) is 2.05. The summed E-state index contributed by atoms with van der Waals surface area (Å²) in [7, 11) is -2.94. The van der Waals surface area contributed by atoms with Gasteiger partial charge in [-0.1, -0.05) is 0 Å². The normalized spacial score (nSPS) is 11.9. The monoisotopic (exact) mass is 331 g/mol. The minimum Gasteiger partial charge on any atom is -0.354 e. The van der Waals surface area contributed by atoms with Gasteiger partial charge in [0.2, 0.25) is 5.95 Å². The van der Waals surface area contributed by atoms with E-state index >= 15 is 0 Å². The number of thioether (sulfide) groups is 1. The number of rotatable bonds is 6. The Morgan fingerprint density at radius 2 is 2.15 bits per heavy atom. The predicted molar refractivity (Wildman–Crippen MR) is 86.8 cm³/mol. The maximum atomic E-state index is 11.2. The molecule has 110 valence electrons. The number of anilines is 1. The fourth-order valence-electron chi connectivity index (χ4n) is 1.65. The molecule has 0 saturated heterocycles. The molecule has 0 aromatic carbocycles. The highest BCUT2D eigenvalue weighted by Crippen LogP contribution is 2.32. The first kappa shape index (κ1) is 15.5. The standard InChI is InChI=1S/C12H17N3O2S3/c1-4-13-12-14-10(18-5-6-20(3,16)17)9-7-8(2)19-11(9)15-12/h7H,4-6H2,1-3H3,(H,13,14,15). The largest absolute Gasteiger partial charge is 0.354 e. The Kier molecular flexibility index (Phi) is 4.87. The summed E-state index contributed by atoms with van der Waals surface area (Å²) in [6.07, 6.45) is 1.25. The second-order valence-corrected chi connectivity index (χ2v) is 9.02.